The van der Waals surface area contributed by atoms with Crippen LogP contribution in [0.5, 0.6) is 0 Å². The van der Waals surface area contributed by atoms with Crippen molar-refractivity contribution in [1.29, 1.82) is 0 Å². The van der Waals surface area contributed by atoms with E-state index in [1.807, 2.05) is 0 Å². The largest absolute Gasteiger partial charge is 0.356 e. The Morgan fingerprint density at radius 2 is 1.89 bits per heavy atom. The van der Waals surface area contributed by atoms with E-state index < -0.39 is 0 Å². The predicted octanol–water partition coefficient (Wildman–Crippen LogP) is 0.898. The molecule has 54 valence electrons. The number of methoxy groups -OCH3 is 2. The summed E-state index contributed by atoms with van der Waals surface area (Å²) < 4.78 is 9.96. The van der Waals surface area contributed by atoms with Gasteiger partial charge in [-0.25, -0.2) is 0 Å². The summed E-state index contributed by atoms with van der Waals surface area (Å²) in [6.45, 7) is 2.16. The van der Waals surface area contributed by atoms with Crippen molar-refractivity contribution in [3.63, 3.8) is 0 Å². The summed E-state index contributed by atoms with van der Waals surface area (Å²) in [7, 11) is 4.54. The summed E-state index contributed by atoms with van der Waals surface area (Å²) >= 11 is 0. The summed E-state index contributed by atoms with van der Waals surface area (Å²) in [4.78, 5) is 0. The van der Waals surface area contributed by atoms with E-state index in [2.05, 4.69) is 6.82 Å². The lowest BCUT2D eigenvalue weighted by Crippen LogP contribution is -2.12. The summed E-state index contributed by atoms with van der Waals surface area (Å²) in [6, 6.07) is 0. The molecule has 0 bridgehead atoms. The Hall–Kier alpha value is -0.0151. The van der Waals surface area contributed by atoms with Crippen LogP contribution in [0, 0.1) is 0 Å². The van der Waals surface area contributed by atoms with Gasteiger partial charge in [-0.2, -0.15) is 0 Å². The number of ether oxygens (including phenoxy) is 2. The van der Waals surface area contributed by atoms with Crippen molar-refractivity contribution in [2.24, 2.45) is 0 Å². The van der Waals surface area contributed by atoms with Gasteiger partial charge < -0.3 is 9.47 Å². The molecule has 0 heterocycles. The topological polar surface area (TPSA) is 18.5 Å². The van der Waals surface area contributed by atoms with E-state index in [0.29, 0.717) is 0 Å². The van der Waals surface area contributed by atoms with E-state index in [4.69, 9.17) is 9.47 Å². The first kappa shape index (κ1) is 8.98. The minimum Gasteiger partial charge on any atom is -0.356 e. The van der Waals surface area contributed by atoms with Crippen LogP contribution in [0.1, 0.15) is 6.42 Å². The quantitative estimate of drug-likeness (QED) is 0.406. The van der Waals surface area contributed by atoms with Crippen molar-refractivity contribution in [3.8, 4) is 0 Å². The van der Waals surface area contributed by atoms with Crippen LogP contribution >= 0.6 is 0 Å². The Balaban J connectivity index is 3.09. The zero-order chi connectivity index (χ0) is 7.11. The highest BCUT2D eigenvalue weighted by Gasteiger charge is 2.01. The molecule has 3 heteroatoms. The highest BCUT2D eigenvalue weighted by Crippen LogP contribution is 2.00. The van der Waals surface area contributed by atoms with Crippen LogP contribution in [-0.2, 0) is 9.47 Å². The molecule has 0 amide bonds. The first-order valence-corrected chi connectivity index (χ1v) is 3.40. The Morgan fingerprint density at radius 1 is 1.33 bits per heavy atom. The van der Waals surface area contributed by atoms with Crippen molar-refractivity contribution in [2.45, 2.75) is 25.9 Å². The molecule has 0 spiro atoms. The SMILES string of the molecule is CBCCC(OC)OC. The van der Waals surface area contributed by atoms with Gasteiger partial charge in [0.25, 0.3) is 0 Å². The minimum atomic E-state index is 0.00458. The molecule has 2 nitrogen and oxygen atoms in total. The molecule has 0 aromatic carbocycles. The van der Waals surface area contributed by atoms with Gasteiger partial charge in [-0.3, -0.25) is 0 Å². The standard InChI is InChI=1S/C6H15BO2/c1-7-5-4-6(8-2)9-3/h6-7H,4-5H2,1-3H3. The fraction of sp³-hybridized carbons (Fsp3) is 1.00. The molecule has 0 aliphatic heterocycles. The van der Waals surface area contributed by atoms with Crippen LogP contribution in [-0.4, -0.2) is 27.8 Å². The van der Waals surface area contributed by atoms with Crippen molar-refractivity contribution < 1.29 is 9.47 Å². The number of hydrogen-bond acceptors (Lipinski definition) is 2. The third-order valence-electron chi connectivity index (χ3n) is 1.32. The zero-order valence-electron chi connectivity index (χ0n) is 6.52. The second-order valence-electron chi connectivity index (χ2n) is 2.04. The van der Waals surface area contributed by atoms with Crippen LogP contribution in [0.4, 0.5) is 0 Å². The molecule has 0 aliphatic rings. The van der Waals surface area contributed by atoms with E-state index in [1.165, 1.54) is 13.6 Å². The first-order valence-electron chi connectivity index (χ1n) is 3.40. The van der Waals surface area contributed by atoms with Crippen LogP contribution in [0.25, 0.3) is 0 Å². The van der Waals surface area contributed by atoms with Crippen molar-refractivity contribution in [2.75, 3.05) is 14.2 Å². The molecular formula is C6H15BO2. The molecule has 0 N–H and O–H groups in total. The molecule has 0 radical (unpaired) electrons. The zero-order valence-corrected chi connectivity index (χ0v) is 6.52. The Bertz CT molecular complexity index is 55.0. The van der Waals surface area contributed by atoms with Crippen LogP contribution < -0.4 is 0 Å². The number of rotatable bonds is 5. The molecule has 0 aromatic rings. The molecule has 0 unspecified atom stereocenters. The van der Waals surface area contributed by atoms with Gasteiger partial charge in [0.05, 0.1) is 0 Å². The second-order valence-corrected chi connectivity index (χ2v) is 2.04. The average molecular weight is 130 g/mol. The molecule has 0 aliphatic carbocycles. The van der Waals surface area contributed by atoms with E-state index in [-0.39, 0.29) is 6.29 Å². The average Bonchev–Trinajstić information content (AvgIpc) is 1.91. The normalized spacial score (nSPS) is 10.2. The van der Waals surface area contributed by atoms with Crippen molar-refractivity contribution in [1.82, 2.24) is 0 Å². The van der Waals surface area contributed by atoms with Gasteiger partial charge in [-0.15, -0.1) is 0 Å². The van der Waals surface area contributed by atoms with E-state index >= 15 is 0 Å². The van der Waals surface area contributed by atoms with Gasteiger partial charge >= 0.3 is 0 Å². The molecule has 0 saturated heterocycles. The maximum absolute atomic E-state index is 4.98. The molecule has 0 fully saturated rings. The molecule has 9 heavy (non-hydrogen) atoms. The van der Waals surface area contributed by atoms with Gasteiger partial charge in [-0.05, 0) is 6.42 Å². The molecule has 0 atom stereocenters. The molecular weight excluding hydrogens is 115 g/mol. The Labute approximate surface area is 57.8 Å². The summed E-state index contributed by atoms with van der Waals surface area (Å²) in [5, 5.41) is 0. The first-order chi connectivity index (χ1) is 4.35. The maximum Gasteiger partial charge on any atom is 0.156 e. The smallest absolute Gasteiger partial charge is 0.156 e. The third kappa shape index (κ3) is 4.49. The molecule has 0 aromatic heterocycles. The third-order valence-corrected chi connectivity index (χ3v) is 1.32. The lowest BCUT2D eigenvalue weighted by Gasteiger charge is -2.11. The monoisotopic (exact) mass is 130 g/mol. The number of hydrogen-bond donors (Lipinski definition) is 0. The van der Waals surface area contributed by atoms with Gasteiger partial charge in [-0.1, -0.05) is 13.1 Å². The predicted molar refractivity (Wildman–Crippen MR) is 40.2 cm³/mol. The van der Waals surface area contributed by atoms with E-state index in [0.717, 1.165) is 6.42 Å². The van der Waals surface area contributed by atoms with Crippen LogP contribution in [0.2, 0.25) is 13.1 Å². The molecule has 0 rings (SSSR count). The lowest BCUT2D eigenvalue weighted by molar-refractivity contribution is -0.103. The lowest BCUT2D eigenvalue weighted by atomic mass is 9.77. The minimum absolute atomic E-state index is 0.00458. The van der Waals surface area contributed by atoms with Gasteiger partial charge in [0.15, 0.2) is 6.29 Å². The fourth-order valence-corrected chi connectivity index (χ4v) is 0.703. The van der Waals surface area contributed by atoms with Gasteiger partial charge in [0.2, 0.25) is 0 Å². The van der Waals surface area contributed by atoms with Gasteiger partial charge in [0.1, 0.15) is 7.28 Å². The van der Waals surface area contributed by atoms with Crippen molar-refractivity contribution in [3.05, 3.63) is 0 Å². The van der Waals surface area contributed by atoms with E-state index in [1.54, 1.807) is 14.2 Å². The highest BCUT2D eigenvalue weighted by molar-refractivity contribution is 6.33. The fourth-order valence-electron chi connectivity index (χ4n) is 0.703. The van der Waals surface area contributed by atoms with Gasteiger partial charge in [0, 0.05) is 14.2 Å². The summed E-state index contributed by atoms with van der Waals surface area (Å²) in [5.41, 5.74) is 0. The Kier molecular flexibility index (Phi) is 6.10. The van der Waals surface area contributed by atoms with Crippen LogP contribution in [0.3, 0.4) is 0 Å². The highest BCUT2D eigenvalue weighted by atomic mass is 16.7. The van der Waals surface area contributed by atoms with E-state index in [9.17, 15) is 0 Å². The molecule has 0 saturated carbocycles. The second kappa shape index (κ2) is 6.11. The van der Waals surface area contributed by atoms with Crippen molar-refractivity contribution >= 4 is 7.28 Å². The summed E-state index contributed by atoms with van der Waals surface area (Å²) in [6.07, 6.45) is 2.18. The summed E-state index contributed by atoms with van der Waals surface area (Å²) in [5.74, 6) is 0. The maximum atomic E-state index is 4.98. The van der Waals surface area contributed by atoms with Crippen LogP contribution in [0.15, 0.2) is 0 Å². The Morgan fingerprint density at radius 3 is 2.22 bits per heavy atom.